The number of carbonyl (C=O) groups excluding carboxylic acids is 7. The number of hydrogen-bond donors (Lipinski definition) is 4. The fraction of sp³-hybridized carbons (Fsp3) is 0.839. The Bertz CT molecular complexity index is 2650. The molecule has 632 valence electrons. The number of nitrogens with one attached hydrogen (secondary N) is 2. The summed E-state index contributed by atoms with van der Waals surface area (Å²) in [5, 5.41) is 29.3. The highest BCUT2D eigenvalue weighted by Crippen LogP contribution is 2.47. The highest BCUT2D eigenvalue weighted by atomic mass is 16.6. The summed E-state index contributed by atoms with van der Waals surface area (Å²) in [6.45, 7) is 14.6. The number of cyclic esters (lactones) is 2. The molecule has 0 radical (unpaired) electrons. The number of carboxylic acid groups (broad SMARTS) is 2. The summed E-state index contributed by atoms with van der Waals surface area (Å²) < 4.78 is 11.2. The zero-order valence-corrected chi connectivity index (χ0v) is 71.5. The van der Waals surface area contributed by atoms with E-state index in [1.807, 2.05) is 45.0 Å². The van der Waals surface area contributed by atoms with E-state index < -0.39 is 107 Å². The average Bonchev–Trinajstić information content (AvgIpc) is 1.61. The van der Waals surface area contributed by atoms with Crippen LogP contribution in [0.3, 0.4) is 0 Å². The molecule has 4 N–H and O–H groups in total. The van der Waals surface area contributed by atoms with E-state index in [2.05, 4.69) is 38.3 Å². The molecule has 2 aliphatic heterocycles. The van der Waals surface area contributed by atoms with Gasteiger partial charge in [-0.3, -0.25) is 48.1 Å². The van der Waals surface area contributed by atoms with Gasteiger partial charge in [-0.1, -0.05) is 337 Å². The van der Waals surface area contributed by atoms with Crippen LogP contribution in [-0.4, -0.2) is 109 Å². The lowest BCUT2D eigenvalue weighted by Gasteiger charge is -2.35. The summed E-state index contributed by atoms with van der Waals surface area (Å²) in [6, 6.07) is 7.18. The van der Waals surface area contributed by atoms with Gasteiger partial charge in [-0.05, 0) is 99.8 Å². The number of carboxylic acids is 2. The molecule has 4 amide bonds. The number of esters is 3. The summed E-state index contributed by atoms with van der Waals surface area (Å²) in [6.07, 6.45) is 52.9. The molecule has 11 atom stereocenters. The van der Waals surface area contributed by atoms with E-state index in [4.69, 9.17) is 9.47 Å². The van der Waals surface area contributed by atoms with Crippen LogP contribution in [0, 0.1) is 65.1 Å². The number of likely N-dealkylation sites (tertiary alicyclic amines) is 1. The molecule has 0 aliphatic carbocycles. The molecular weight excluding hydrogens is 1380 g/mol. The second-order valence-corrected chi connectivity index (χ2v) is 34.0. The Labute approximate surface area is 669 Å². The molecule has 0 aromatic heterocycles. The molecule has 1 aromatic rings. The first-order chi connectivity index (χ1) is 53.3. The molecule has 11 unspecified atom stereocenters. The third kappa shape index (κ3) is 40.6. The second-order valence-electron chi connectivity index (χ2n) is 34.0. The molecule has 17 heteroatoms. The number of benzene rings is 1. The number of aliphatic carboxylic acids is 2. The monoisotopic (exact) mass is 1540 g/mol. The molecule has 2 aliphatic rings. The molecule has 2 fully saturated rings. The highest BCUT2D eigenvalue weighted by molar-refractivity contribution is 6.05. The Morgan fingerprint density at radius 2 is 0.909 bits per heavy atom. The fourth-order valence-corrected chi connectivity index (χ4v) is 17.5. The fourth-order valence-electron chi connectivity index (χ4n) is 17.5. The summed E-state index contributed by atoms with van der Waals surface area (Å²) in [7, 11) is 3.84. The molecule has 0 saturated carbocycles. The van der Waals surface area contributed by atoms with Crippen molar-refractivity contribution < 1.29 is 62.8 Å². The molecule has 3 rings (SSSR count). The summed E-state index contributed by atoms with van der Waals surface area (Å²) in [4.78, 5) is 133. The topological polar surface area (TPSA) is 243 Å². The number of amides is 4. The van der Waals surface area contributed by atoms with Crippen LogP contribution in [-0.2, 0) is 47.8 Å². The van der Waals surface area contributed by atoms with Gasteiger partial charge in [0.25, 0.3) is 5.91 Å². The Kier molecular flexibility index (Phi) is 55.8. The van der Waals surface area contributed by atoms with Crippen molar-refractivity contribution in [2.24, 2.45) is 65.1 Å². The Morgan fingerprint density at radius 3 is 1.33 bits per heavy atom. The largest absolute Gasteiger partial charge is 0.481 e. The number of hydrogen-bond acceptors (Lipinski definition) is 12. The van der Waals surface area contributed by atoms with Crippen molar-refractivity contribution in [3.63, 3.8) is 0 Å². The quantitative estimate of drug-likeness (QED) is 0.0205. The Balaban J connectivity index is 2.17. The average molecular weight is 1540 g/mol. The van der Waals surface area contributed by atoms with Gasteiger partial charge in [0.2, 0.25) is 17.7 Å². The van der Waals surface area contributed by atoms with E-state index in [-0.39, 0.29) is 70.2 Å². The van der Waals surface area contributed by atoms with E-state index in [9.17, 15) is 34.2 Å². The molecule has 17 nitrogen and oxygen atoms in total. The van der Waals surface area contributed by atoms with E-state index in [1.165, 1.54) is 172 Å². The number of unbranched alkanes of at least 4 members (excludes halogenated alkanes) is 41. The molecule has 2 heterocycles. The zero-order valence-electron chi connectivity index (χ0n) is 71.5. The van der Waals surface area contributed by atoms with Crippen LogP contribution in [0.15, 0.2) is 24.3 Å². The van der Waals surface area contributed by atoms with Gasteiger partial charge in [-0.15, -0.1) is 0 Å². The molecule has 0 bridgehead atoms. The van der Waals surface area contributed by atoms with Crippen LogP contribution in [0.5, 0.6) is 0 Å². The van der Waals surface area contributed by atoms with Crippen molar-refractivity contribution in [1.29, 1.82) is 0 Å². The van der Waals surface area contributed by atoms with Gasteiger partial charge in [0.1, 0.15) is 6.61 Å². The van der Waals surface area contributed by atoms with Gasteiger partial charge in [-0.2, -0.15) is 0 Å². The van der Waals surface area contributed by atoms with Crippen LogP contribution >= 0.6 is 0 Å². The van der Waals surface area contributed by atoms with Crippen LogP contribution in [0.4, 0.5) is 5.69 Å². The van der Waals surface area contributed by atoms with Crippen molar-refractivity contribution in [2.75, 3.05) is 45.2 Å². The van der Waals surface area contributed by atoms with E-state index in [1.54, 1.807) is 19.1 Å². The van der Waals surface area contributed by atoms with Crippen molar-refractivity contribution >= 4 is 59.2 Å². The number of anilines is 1. The van der Waals surface area contributed by atoms with Crippen molar-refractivity contribution in [1.82, 2.24) is 15.5 Å². The maximum absolute atomic E-state index is 15.8. The van der Waals surface area contributed by atoms with Gasteiger partial charge >= 0.3 is 29.8 Å². The van der Waals surface area contributed by atoms with Gasteiger partial charge in [0, 0.05) is 38.4 Å². The lowest BCUT2D eigenvalue weighted by Crippen LogP contribution is -2.42. The summed E-state index contributed by atoms with van der Waals surface area (Å²) in [5.74, 6) is -16.5. The minimum Gasteiger partial charge on any atom is -0.481 e. The Morgan fingerprint density at radius 1 is 0.473 bits per heavy atom. The standard InChI is InChI=1S/C93H162N4O13/c1-10-15-20-23-26-29-32-35-38-41-44-47-50-53-56-72(6)69-82(92(107)109-68-66-95-85(98)74-59-61-77(62-60-74)96(8)9)84(90(104)105)76(58-55-52-49-46-43-40-37-34-31-28-25-22-17-12-3)71-81-83(88(101)97(87(81)100)67-19-14-5)75(57-54-51-48-45-42-39-36-33-30-27-24-21-16-11-2)70-80(86(99)94-65-18-13-4)79(89(102)103)64-63-78-73(7)91(106)110-93(78)108/h59-62,72-73,75-76,78-84H,10-58,63-71H2,1-9H3,(H,94,99)(H,95,98)(H,102,103)(H,104,105). The van der Waals surface area contributed by atoms with Crippen LogP contribution in [0.1, 0.15) is 406 Å². The van der Waals surface area contributed by atoms with Crippen LogP contribution < -0.4 is 15.5 Å². The summed E-state index contributed by atoms with van der Waals surface area (Å²) in [5.41, 5.74) is 1.37. The number of ether oxygens (including phenoxy) is 2. The third-order valence-electron chi connectivity index (χ3n) is 24.5. The first-order valence-electron chi connectivity index (χ1n) is 45.8. The molecule has 0 spiro atoms. The number of carbonyl (C=O) groups is 9. The van der Waals surface area contributed by atoms with Gasteiger partial charge in [-0.25, -0.2) is 0 Å². The first-order valence-corrected chi connectivity index (χ1v) is 45.8. The van der Waals surface area contributed by atoms with E-state index in [0.29, 0.717) is 50.5 Å². The van der Waals surface area contributed by atoms with Crippen molar-refractivity contribution in [3.8, 4) is 0 Å². The van der Waals surface area contributed by atoms with Gasteiger partial charge < -0.3 is 35.2 Å². The van der Waals surface area contributed by atoms with Crippen molar-refractivity contribution in [2.45, 2.75) is 395 Å². The SMILES string of the molecule is CCCCCCCCCCCCCCCCC(C)CC(C(=O)OCCNC(=O)c1ccc(N(C)C)cc1)C(C(=O)O)C(CCCCCCCCCCCCCCCC)CC1C(=O)N(CCCC)C(=O)C1C(CCCCCCCCCCCCCCCC)CC(C(=O)NCCCC)C(CCC1C(=O)OC(=O)C1C)C(=O)O. The number of nitrogens with zero attached hydrogens (tertiary/aromatic N) is 2. The predicted molar refractivity (Wildman–Crippen MR) is 448 cm³/mol. The molecular formula is C93H162N4O13. The van der Waals surface area contributed by atoms with Crippen LogP contribution in [0.25, 0.3) is 0 Å². The van der Waals surface area contributed by atoms with E-state index in [0.717, 1.165) is 108 Å². The lowest BCUT2D eigenvalue weighted by atomic mass is 9.67. The minimum atomic E-state index is -1.33. The molecule has 110 heavy (non-hydrogen) atoms. The molecule has 1 aromatic carbocycles. The zero-order chi connectivity index (χ0) is 80.5. The van der Waals surface area contributed by atoms with Gasteiger partial charge in [0.15, 0.2) is 0 Å². The predicted octanol–water partition coefficient (Wildman–Crippen LogP) is 22.7. The van der Waals surface area contributed by atoms with Crippen LogP contribution in [0.2, 0.25) is 0 Å². The summed E-state index contributed by atoms with van der Waals surface area (Å²) >= 11 is 0. The first kappa shape index (κ1) is 98.8. The van der Waals surface area contributed by atoms with Crippen molar-refractivity contribution in [3.05, 3.63) is 29.8 Å². The lowest BCUT2D eigenvalue weighted by molar-refractivity contribution is -0.161. The normalized spacial score (nSPS) is 17.7. The Hall–Kier alpha value is -5.35. The van der Waals surface area contributed by atoms with Gasteiger partial charge in [0.05, 0.1) is 53.9 Å². The maximum atomic E-state index is 15.8. The minimum absolute atomic E-state index is 0.0114. The smallest absolute Gasteiger partial charge is 0.317 e. The molecule has 2 saturated heterocycles. The second kappa shape index (κ2) is 62.1. The van der Waals surface area contributed by atoms with E-state index >= 15 is 19.2 Å². The highest BCUT2D eigenvalue weighted by Gasteiger charge is 2.54. The number of rotatable bonds is 73. The maximum Gasteiger partial charge on any atom is 0.317 e. The number of imide groups is 1. The third-order valence-corrected chi connectivity index (χ3v) is 24.5.